The van der Waals surface area contributed by atoms with Gasteiger partial charge in [-0.25, -0.2) is 9.59 Å². The Kier molecular flexibility index (Phi) is 6.73. The minimum atomic E-state index is -2.25. The van der Waals surface area contributed by atoms with E-state index in [2.05, 4.69) is 4.74 Å². The summed E-state index contributed by atoms with van der Waals surface area (Å²) >= 11 is 0. The summed E-state index contributed by atoms with van der Waals surface area (Å²) in [7, 11) is 0. The molecule has 0 spiro atoms. The number of carbonyl (C=O) groups is 2. The van der Waals surface area contributed by atoms with Gasteiger partial charge in [0.25, 0.3) is 0 Å². The monoisotopic (exact) mass is 268 g/mol. The summed E-state index contributed by atoms with van der Waals surface area (Å²) in [5, 5.41) is 53.7. The molecule has 0 rings (SSSR count). The molecule has 0 aliphatic heterocycles. The van der Waals surface area contributed by atoms with E-state index in [0.29, 0.717) is 0 Å². The molecule has 5 atom stereocenters. The van der Waals surface area contributed by atoms with Gasteiger partial charge in [-0.3, -0.25) is 0 Å². The molecule has 0 aromatic rings. The average Bonchev–Trinajstić information content (AvgIpc) is 2.34. The largest absolute Gasteiger partial charge is 0.479 e. The van der Waals surface area contributed by atoms with Gasteiger partial charge >= 0.3 is 11.9 Å². The quantitative estimate of drug-likeness (QED) is 0.256. The van der Waals surface area contributed by atoms with Gasteiger partial charge in [0, 0.05) is 0 Å². The van der Waals surface area contributed by atoms with Crippen LogP contribution in [0.2, 0.25) is 0 Å². The van der Waals surface area contributed by atoms with E-state index < -0.39 is 49.1 Å². The Bertz CT molecular complexity index is 292. The van der Waals surface area contributed by atoms with Gasteiger partial charge in [-0.2, -0.15) is 0 Å². The highest BCUT2D eigenvalue weighted by atomic mass is 16.6. The molecule has 0 saturated carbocycles. The fourth-order valence-corrected chi connectivity index (χ4v) is 0.956. The van der Waals surface area contributed by atoms with Gasteiger partial charge < -0.3 is 35.4 Å². The van der Waals surface area contributed by atoms with Gasteiger partial charge in [-0.05, 0) is 6.92 Å². The van der Waals surface area contributed by atoms with Gasteiger partial charge in [0.1, 0.15) is 18.3 Å². The third kappa shape index (κ3) is 4.55. The third-order valence-corrected chi connectivity index (χ3v) is 2.14. The highest BCUT2D eigenvalue weighted by molar-refractivity contribution is 5.80. The molecule has 0 aliphatic carbocycles. The minimum absolute atomic E-state index is 0.897. The first-order chi connectivity index (χ1) is 8.22. The van der Waals surface area contributed by atoms with Crippen molar-refractivity contribution in [1.82, 2.24) is 0 Å². The fraction of sp³-hybridized carbons (Fsp3) is 0.778. The molecular weight excluding hydrogens is 252 g/mol. The number of carboxylic acids is 1. The number of carbonyl (C=O) groups excluding carboxylic acids is 1. The number of aliphatic hydroxyl groups excluding tert-OH is 5. The maximum absolute atomic E-state index is 11.2. The van der Waals surface area contributed by atoms with Crippen molar-refractivity contribution in [1.29, 1.82) is 0 Å². The predicted octanol–water partition coefficient (Wildman–Crippen LogP) is -3.56. The molecule has 0 heterocycles. The first-order valence-electron chi connectivity index (χ1n) is 4.98. The summed E-state index contributed by atoms with van der Waals surface area (Å²) in [4.78, 5) is 21.5. The molecule has 0 amide bonds. The van der Waals surface area contributed by atoms with Crippen molar-refractivity contribution in [2.24, 2.45) is 0 Å². The summed E-state index contributed by atoms with van der Waals surface area (Å²) in [6.45, 7) is 0.129. The molecule has 1 unspecified atom stereocenters. The van der Waals surface area contributed by atoms with Crippen LogP contribution in [0.25, 0.3) is 0 Å². The van der Waals surface area contributed by atoms with E-state index in [1.165, 1.54) is 0 Å². The minimum Gasteiger partial charge on any atom is -0.479 e. The molecule has 106 valence electrons. The number of carboxylic acid groups (broad SMARTS) is 1. The lowest BCUT2D eigenvalue weighted by atomic mass is 10.0. The van der Waals surface area contributed by atoms with E-state index >= 15 is 0 Å². The predicted molar refractivity (Wildman–Crippen MR) is 54.3 cm³/mol. The second-order valence-corrected chi connectivity index (χ2v) is 3.59. The number of aliphatic carboxylic acids is 1. The van der Waals surface area contributed by atoms with Crippen LogP contribution in [0, 0.1) is 0 Å². The number of rotatable bonds is 7. The standard InChI is InChI=1S/C9H16O9/c1-3(8(15)16)18-9(17)7(14)6(13)5(12)4(11)2-10/h3-7,10-14H,2H2,1H3,(H,15,16)/t3?,4-,5-,6+,7-/m1/s1. The molecule has 0 bridgehead atoms. The Morgan fingerprint density at radius 2 is 1.61 bits per heavy atom. The number of hydrogen-bond acceptors (Lipinski definition) is 8. The molecule has 9 nitrogen and oxygen atoms in total. The molecule has 0 fully saturated rings. The molecule has 0 aliphatic rings. The third-order valence-electron chi connectivity index (χ3n) is 2.14. The van der Waals surface area contributed by atoms with Gasteiger partial charge in [-0.15, -0.1) is 0 Å². The van der Waals surface area contributed by atoms with E-state index in [9.17, 15) is 24.9 Å². The first kappa shape index (κ1) is 16.7. The Balaban J connectivity index is 4.49. The first-order valence-corrected chi connectivity index (χ1v) is 4.98. The summed E-state index contributed by atoms with van der Waals surface area (Å²) in [6, 6.07) is 0. The molecule has 9 heteroatoms. The second kappa shape index (κ2) is 7.24. The van der Waals surface area contributed by atoms with E-state index in [1.807, 2.05) is 0 Å². The summed E-state index contributed by atoms with van der Waals surface area (Å²) in [5.74, 6) is -2.93. The van der Waals surface area contributed by atoms with E-state index in [-0.39, 0.29) is 0 Å². The van der Waals surface area contributed by atoms with Crippen LogP contribution in [0.15, 0.2) is 0 Å². The number of hydrogen-bond donors (Lipinski definition) is 6. The topological polar surface area (TPSA) is 165 Å². The van der Waals surface area contributed by atoms with Crippen molar-refractivity contribution in [2.45, 2.75) is 37.4 Å². The molecule has 0 radical (unpaired) electrons. The van der Waals surface area contributed by atoms with E-state index in [4.69, 9.17) is 15.3 Å². The lowest BCUT2D eigenvalue weighted by Gasteiger charge is -2.24. The van der Waals surface area contributed by atoms with Crippen LogP contribution in [0.4, 0.5) is 0 Å². The van der Waals surface area contributed by atoms with Gasteiger partial charge in [0.05, 0.1) is 6.61 Å². The van der Waals surface area contributed by atoms with Crippen LogP contribution in [-0.4, -0.2) is 79.7 Å². The Morgan fingerprint density at radius 3 is 2.00 bits per heavy atom. The summed E-state index contributed by atoms with van der Waals surface area (Å²) in [5.41, 5.74) is 0. The Labute approximate surface area is 102 Å². The second-order valence-electron chi connectivity index (χ2n) is 3.59. The van der Waals surface area contributed by atoms with Gasteiger partial charge in [-0.1, -0.05) is 0 Å². The Hall–Kier alpha value is -1.26. The van der Waals surface area contributed by atoms with Crippen LogP contribution in [0.3, 0.4) is 0 Å². The lowest BCUT2D eigenvalue weighted by Crippen LogP contribution is -2.49. The SMILES string of the molecule is CC(OC(=O)[C@H](O)[C@@H](O)[C@H](O)[C@H](O)CO)C(=O)O. The van der Waals surface area contributed by atoms with Crippen LogP contribution < -0.4 is 0 Å². The normalized spacial score (nSPS) is 19.4. The average molecular weight is 268 g/mol. The van der Waals surface area contributed by atoms with Gasteiger partial charge in [0.15, 0.2) is 12.2 Å². The van der Waals surface area contributed by atoms with Gasteiger partial charge in [0.2, 0.25) is 0 Å². The van der Waals surface area contributed by atoms with Crippen LogP contribution in [-0.2, 0) is 14.3 Å². The zero-order valence-electron chi connectivity index (χ0n) is 9.50. The van der Waals surface area contributed by atoms with Crippen molar-refractivity contribution in [2.75, 3.05) is 6.61 Å². The number of ether oxygens (including phenoxy) is 1. The fourth-order valence-electron chi connectivity index (χ4n) is 0.956. The van der Waals surface area contributed by atoms with Crippen molar-refractivity contribution in [3.63, 3.8) is 0 Å². The lowest BCUT2D eigenvalue weighted by molar-refractivity contribution is -0.180. The van der Waals surface area contributed by atoms with Crippen molar-refractivity contribution in [3.8, 4) is 0 Å². The zero-order chi connectivity index (χ0) is 14.5. The van der Waals surface area contributed by atoms with Crippen molar-refractivity contribution in [3.05, 3.63) is 0 Å². The van der Waals surface area contributed by atoms with Crippen LogP contribution in [0.5, 0.6) is 0 Å². The van der Waals surface area contributed by atoms with Crippen LogP contribution >= 0.6 is 0 Å². The van der Waals surface area contributed by atoms with Crippen molar-refractivity contribution >= 4 is 11.9 Å². The maximum atomic E-state index is 11.2. The zero-order valence-corrected chi connectivity index (χ0v) is 9.50. The summed E-state index contributed by atoms with van der Waals surface area (Å²) < 4.78 is 4.25. The highest BCUT2D eigenvalue weighted by Gasteiger charge is 2.36. The Morgan fingerprint density at radius 1 is 1.11 bits per heavy atom. The van der Waals surface area contributed by atoms with Crippen LogP contribution in [0.1, 0.15) is 6.92 Å². The highest BCUT2D eigenvalue weighted by Crippen LogP contribution is 2.07. The van der Waals surface area contributed by atoms with E-state index in [1.54, 1.807) is 0 Å². The molecular formula is C9H16O9. The number of aliphatic hydroxyl groups is 5. The molecule has 0 saturated heterocycles. The smallest absolute Gasteiger partial charge is 0.344 e. The molecule has 18 heavy (non-hydrogen) atoms. The molecule has 6 N–H and O–H groups in total. The maximum Gasteiger partial charge on any atom is 0.344 e. The molecule has 0 aromatic heterocycles. The van der Waals surface area contributed by atoms with E-state index in [0.717, 1.165) is 6.92 Å². The summed E-state index contributed by atoms with van der Waals surface area (Å²) in [6.07, 6.45) is -9.67. The number of esters is 1. The van der Waals surface area contributed by atoms with Crippen molar-refractivity contribution < 1.29 is 45.0 Å². The molecule has 0 aromatic carbocycles.